The Hall–Kier alpha value is -1.85. The largest absolute Gasteiger partial charge is 0.378 e. The van der Waals surface area contributed by atoms with Crippen molar-refractivity contribution in [2.24, 2.45) is 0 Å². The Bertz CT molecular complexity index is 632. The summed E-state index contributed by atoms with van der Waals surface area (Å²) >= 11 is 11.7. The van der Waals surface area contributed by atoms with E-state index in [1.165, 1.54) is 12.3 Å². The highest BCUT2D eigenvalue weighted by Gasteiger charge is 2.14. The number of nitro groups is 1. The Balaban J connectivity index is 2.54. The van der Waals surface area contributed by atoms with Gasteiger partial charge in [-0.15, -0.1) is 0 Å². The molecule has 7 heteroatoms. The number of halogens is 2. The average molecular weight is 284 g/mol. The van der Waals surface area contributed by atoms with E-state index in [1.807, 2.05) is 0 Å². The first kappa shape index (κ1) is 12.6. The minimum absolute atomic E-state index is 0.121. The van der Waals surface area contributed by atoms with Gasteiger partial charge in [-0.3, -0.25) is 10.1 Å². The molecule has 0 aliphatic carbocycles. The van der Waals surface area contributed by atoms with Crippen molar-refractivity contribution in [2.75, 3.05) is 5.73 Å². The summed E-state index contributed by atoms with van der Waals surface area (Å²) < 4.78 is 0. The maximum Gasteiger partial charge on any atom is 0.311 e. The fourth-order valence-electron chi connectivity index (χ4n) is 1.44. The molecule has 0 unspecified atom stereocenters. The molecule has 0 saturated carbocycles. The Morgan fingerprint density at radius 1 is 1.17 bits per heavy atom. The smallest absolute Gasteiger partial charge is 0.311 e. The molecule has 0 amide bonds. The summed E-state index contributed by atoms with van der Waals surface area (Å²) in [7, 11) is 0. The van der Waals surface area contributed by atoms with Gasteiger partial charge in [-0.25, -0.2) is 4.98 Å². The summed E-state index contributed by atoms with van der Waals surface area (Å²) in [5, 5.41) is 11.5. The van der Waals surface area contributed by atoms with Crippen molar-refractivity contribution < 1.29 is 4.92 Å². The molecule has 0 radical (unpaired) electrons. The van der Waals surface area contributed by atoms with Crippen molar-refractivity contribution in [3.63, 3.8) is 0 Å². The number of rotatable bonds is 2. The minimum Gasteiger partial charge on any atom is -0.378 e. The number of pyridine rings is 1. The lowest BCUT2D eigenvalue weighted by Gasteiger charge is -2.04. The second-order valence-corrected chi connectivity index (χ2v) is 4.33. The zero-order chi connectivity index (χ0) is 13.3. The van der Waals surface area contributed by atoms with Gasteiger partial charge in [-0.2, -0.15) is 0 Å². The molecule has 1 aromatic heterocycles. The van der Waals surface area contributed by atoms with E-state index in [-0.39, 0.29) is 11.5 Å². The SMILES string of the molecule is Nc1ncc(-c2ccc(Cl)c(Cl)c2)cc1[N+](=O)[O-]. The van der Waals surface area contributed by atoms with Crippen LogP contribution in [0.4, 0.5) is 11.5 Å². The highest BCUT2D eigenvalue weighted by atomic mass is 35.5. The lowest BCUT2D eigenvalue weighted by molar-refractivity contribution is -0.384. The van der Waals surface area contributed by atoms with Crippen molar-refractivity contribution in [1.82, 2.24) is 4.98 Å². The minimum atomic E-state index is -0.580. The van der Waals surface area contributed by atoms with Gasteiger partial charge in [0.25, 0.3) is 0 Å². The van der Waals surface area contributed by atoms with Crippen molar-refractivity contribution in [3.05, 3.63) is 50.6 Å². The van der Waals surface area contributed by atoms with Crippen molar-refractivity contribution in [3.8, 4) is 11.1 Å². The maximum atomic E-state index is 10.8. The van der Waals surface area contributed by atoms with E-state index in [0.29, 0.717) is 21.2 Å². The summed E-state index contributed by atoms with van der Waals surface area (Å²) in [5.74, 6) is -0.121. The first-order chi connectivity index (χ1) is 8.49. The number of aromatic nitrogens is 1. The Kier molecular flexibility index (Phi) is 3.36. The van der Waals surface area contributed by atoms with Crippen LogP contribution in [0.1, 0.15) is 0 Å². The Morgan fingerprint density at radius 3 is 2.50 bits per heavy atom. The zero-order valence-corrected chi connectivity index (χ0v) is 10.4. The highest BCUT2D eigenvalue weighted by molar-refractivity contribution is 6.42. The van der Waals surface area contributed by atoms with E-state index < -0.39 is 4.92 Å². The lowest BCUT2D eigenvalue weighted by Crippen LogP contribution is -1.98. The molecule has 5 nitrogen and oxygen atoms in total. The zero-order valence-electron chi connectivity index (χ0n) is 8.93. The van der Waals surface area contributed by atoms with Crippen LogP contribution < -0.4 is 5.73 Å². The maximum absolute atomic E-state index is 10.8. The lowest BCUT2D eigenvalue weighted by atomic mass is 10.1. The molecular formula is C11H7Cl2N3O2. The summed E-state index contributed by atoms with van der Waals surface area (Å²) in [5.41, 5.74) is 6.42. The molecule has 0 aliphatic rings. The molecule has 0 spiro atoms. The normalized spacial score (nSPS) is 10.3. The van der Waals surface area contributed by atoms with E-state index in [0.717, 1.165) is 0 Å². The molecule has 2 N–H and O–H groups in total. The van der Waals surface area contributed by atoms with Gasteiger partial charge in [0, 0.05) is 17.8 Å². The second kappa shape index (κ2) is 4.80. The van der Waals surface area contributed by atoms with E-state index >= 15 is 0 Å². The van der Waals surface area contributed by atoms with Gasteiger partial charge in [0.2, 0.25) is 5.82 Å². The molecule has 1 aromatic carbocycles. The second-order valence-electron chi connectivity index (χ2n) is 3.51. The monoisotopic (exact) mass is 283 g/mol. The molecule has 1 heterocycles. The molecule has 92 valence electrons. The topological polar surface area (TPSA) is 82.0 Å². The predicted molar refractivity (Wildman–Crippen MR) is 70.8 cm³/mol. The van der Waals surface area contributed by atoms with Gasteiger partial charge in [0.15, 0.2) is 0 Å². The Labute approximate surface area is 112 Å². The van der Waals surface area contributed by atoms with E-state index in [1.54, 1.807) is 18.2 Å². The Morgan fingerprint density at radius 2 is 1.89 bits per heavy atom. The summed E-state index contributed by atoms with van der Waals surface area (Å²) in [6.07, 6.45) is 1.45. The van der Waals surface area contributed by atoms with Crippen LogP contribution in [-0.4, -0.2) is 9.91 Å². The molecular weight excluding hydrogens is 277 g/mol. The van der Waals surface area contributed by atoms with E-state index in [2.05, 4.69) is 4.98 Å². The number of anilines is 1. The number of benzene rings is 1. The first-order valence-corrected chi connectivity index (χ1v) is 5.60. The van der Waals surface area contributed by atoms with Gasteiger partial charge < -0.3 is 5.73 Å². The fraction of sp³-hybridized carbons (Fsp3) is 0. The average Bonchev–Trinajstić information content (AvgIpc) is 2.33. The van der Waals surface area contributed by atoms with Gasteiger partial charge in [-0.05, 0) is 17.7 Å². The third-order valence-electron chi connectivity index (χ3n) is 2.35. The van der Waals surface area contributed by atoms with E-state index in [4.69, 9.17) is 28.9 Å². The summed E-state index contributed by atoms with van der Waals surface area (Å²) in [4.78, 5) is 14.0. The van der Waals surface area contributed by atoms with Crippen LogP contribution in [0.15, 0.2) is 30.5 Å². The van der Waals surface area contributed by atoms with E-state index in [9.17, 15) is 10.1 Å². The van der Waals surface area contributed by atoms with Crippen LogP contribution >= 0.6 is 23.2 Å². The standard InChI is InChI=1S/C11H7Cl2N3O2/c12-8-2-1-6(3-9(8)13)7-4-10(16(17)18)11(14)15-5-7/h1-5H,(H2,14,15). The molecule has 0 saturated heterocycles. The quantitative estimate of drug-likeness (QED) is 0.675. The fourth-order valence-corrected chi connectivity index (χ4v) is 1.74. The van der Waals surface area contributed by atoms with Crippen molar-refractivity contribution in [2.45, 2.75) is 0 Å². The number of nitrogens with zero attached hydrogens (tertiary/aromatic N) is 2. The molecule has 2 rings (SSSR count). The molecule has 18 heavy (non-hydrogen) atoms. The van der Waals surface area contributed by atoms with Crippen LogP contribution in [0.25, 0.3) is 11.1 Å². The molecule has 0 fully saturated rings. The number of hydrogen-bond acceptors (Lipinski definition) is 4. The van der Waals surface area contributed by atoms with Gasteiger partial charge in [0.1, 0.15) is 0 Å². The highest BCUT2D eigenvalue weighted by Crippen LogP contribution is 2.31. The summed E-state index contributed by atoms with van der Waals surface area (Å²) in [6.45, 7) is 0. The first-order valence-electron chi connectivity index (χ1n) is 4.84. The molecule has 0 atom stereocenters. The predicted octanol–water partition coefficient (Wildman–Crippen LogP) is 3.55. The molecule has 2 aromatic rings. The third kappa shape index (κ3) is 2.37. The third-order valence-corrected chi connectivity index (χ3v) is 3.09. The van der Waals surface area contributed by atoms with Crippen LogP contribution in [0.2, 0.25) is 10.0 Å². The summed E-state index contributed by atoms with van der Waals surface area (Å²) in [6, 6.07) is 6.27. The molecule has 0 bridgehead atoms. The van der Waals surface area contributed by atoms with Gasteiger partial charge >= 0.3 is 5.69 Å². The van der Waals surface area contributed by atoms with Crippen LogP contribution in [0.3, 0.4) is 0 Å². The number of nitrogen functional groups attached to an aromatic ring is 1. The number of hydrogen-bond donors (Lipinski definition) is 1. The van der Waals surface area contributed by atoms with Crippen molar-refractivity contribution >= 4 is 34.7 Å². The molecule has 0 aliphatic heterocycles. The number of nitrogens with two attached hydrogens (primary N) is 1. The van der Waals surface area contributed by atoms with Crippen molar-refractivity contribution in [1.29, 1.82) is 0 Å². The van der Waals surface area contributed by atoms with Crippen LogP contribution in [-0.2, 0) is 0 Å². The van der Waals surface area contributed by atoms with Crippen LogP contribution in [0, 0.1) is 10.1 Å². The van der Waals surface area contributed by atoms with Gasteiger partial charge in [0.05, 0.1) is 15.0 Å². The van der Waals surface area contributed by atoms with Crippen LogP contribution in [0.5, 0.6) is 0 Å². The van der Waals surface area contributed by atoms with Gasteiger partial charge in [-0.1, -0.05) is 29.3 Å².